The quantitative estimate of drug-likeness (QED) is 0.593. The summed E-state index contributed by atoms with van der Waals surface area (Å²) in [6.07, 6.45) is 2.04. The van der Waals surface area contributed by atoms with Gasteiger partial charge in [0, 0.05) is 45.3 Å². The van der Waals surface area contributed by atoms with Gasteiger partial charge < -0.3 is 20.6 Å². The van der Waals surface area contributed by atoms with E-state index in [4.69, 9.17) is 0 Å². The lowest BCUT2D eigenvalue weighted by molar-refractivity contribution is -0.122. The Balaban J connectivity index is 1.93. The van der Waals surface area contributed by atoms with E-state index in [1.165, 1.54) is 6.92 Å². The molecule has 0 atom stereocenters. The second-order valence-corrected chi connectivity index (χ2v) is 6.68. The molecule has 1 aliphatic rings. The Bertz CT molecular complexity index is 684. The SMILES string of the molecule is CCCCNC(=O)CN1CCN(c2ccc(NC(C)=O)c(C(=O)O)c2)CC1. The smallest absolute Gasteiger partial charge is 0.337 e. The van der Waals surface area contributed by atoms with Gasteiger partial charge in [-0.05, 0) is 24.6 Å². The summed E-state index contributed by atoms with van der Waals surface area (Å²) in [6.45, 7) is 7.42. The number of nitrogens with one attached hydrogen (secondary N) is 2. The minimum absolute atomic E-state index is 0.0460. The number of nitrogens with zero attached hydrogens (tertiary/aromatic N) is 2. The van der Waals surface area contributed by atoms with Crippen molar-refractivity contribution in [1.82, 2.24) is 10.2 Å². The third-order valence-corrected chi connectivity index (χ3v) is 4.50. The van der Waals surface area contributed by atoms with Crippen molar-refractivity contribution >= 4 is 29.2 Å². The van der Waals surface area contributed by atoms with Crippen LogP contribution in [0.2, 0.25) is 0 Å². The molecule has 0 spiro atoms. The average Bonchev–Trinajstić information content (AvgIpc) is 2.62. The highest BCUT2D eigenvalue weighted by Gasteiger charge is 2.21. The molecule has 1 aliphatic heterocycles. The number of carboxylic acid groups (broad SMARTS) is 1. The molecular weight excluding hydrogens is 348 g/mol. The number of carboxylic acids is 1. The van der Waals surface area contributed by atoms with Crippen LogP contribution in [0.25, 0.3) is 0 Å². The van der Waals surface area contributed by atoms with Crippen molar-refractivity contribution in [2.45, 2.75) is 26.7 Å². The van der Waals surface area contributed by atoms with Crippen LogP contribution >= 0.6 is 0 Å². The predicted molar refractivity (Wildman–Crippen MR) is 104 cm³/mol. The van der Waals surface area contributed by atoms with Crippen molar-refractivity contribution in [3.8, 4) is 0 Å². The number of rotatable bonds is 8. The van der Waals surface area contributed by atoms with Crippen LogP contribution in [0.15, 0.2) is 18.2 Å². The number of hydrogen-bond acceptors (Lipinski definition) is 5. The molecule has 1 fully saturated rings. The van der Waals surface area contributed by atoms with E-state index >= 15 is 0 Å². The summed E-state index contributed by atoms with van der Waals surface area (Å²) in [5.41, 5.74) is 1.16. The second-order valence-electron chi connectivity index (χ2n) is 6.68. The fourth-order valence-electron chi connectivity index (χ4n) is 3.03. The van der Waals surface area contributed by atoms with Gasteiger partial charge in [0.1, 0.15) is 0 Å². The molecule has 1 aromatic carbocycles. The van der Waals surface area contributed by atoms with Gasteiger partial charge >= 0.3 is 5.97 Å². The van der Waals surface area contributed by atoms with Gasteiger partial charge in [-0.15, -0.1) is 0 Å². The van der Waals surface area contributed by atoms with E-state index < -0.39 is 5.97 Å². The average molecular weight is 376 g/mol. The van der Waals surface area contributed by atoms with Gasteiger partial charge in [-0.3, -0.25) is 14.5 Å². The molecule has 148 valence electrons. The van der Waals surface area contributed by atoms with Crippen LogP contribution in [-0.2, 0) is 9.59 Å². The maximum Gasteiger partial charge on any atom is 0.337 e. The molecule has 2 rings (SSSR count). The van der Waals surface area contributed by atoms with Crippen molar-refractivity contribution in [1.29, 1.82) is 0 Å². The van der Waals surface area contributed by atoms with Crippen molar-refractivity contribution in [2.24, 2.45) is 0 Å². The molecule has 0 bridgehead atoms. The predicted octanol–water partition coefficient (Wildman–Crippen LogP) is 1.38. The maximum absolute atomic E-state index is 11.9. The Labute approximate surface area is 159 Å². The molecule has 8 nitrogen and oxygen atoms in total. The molecule has 0 saturated carbocycles. The van der Waals surface area contributed by atoms with Crippen LogP contribution in [0.3, 0.4) is 0 Å². The number of unbranched alkanes of at least 4 members (excludes halogenated alkanes) is 1. The van der Waals surface area contributed by atoms with Crippen LogP contribution in [0.1, 0.15) is 37.0 Å². The van der Waals surface area contributed by atoms with E-state index in [0.717, 1.165) is 31.6 Å². The van der Waals surface area contributed by atoms with Gasteiger partial charge in [0.05, 0.1) is 17.8 Å². The van der Waals surface area contributed by atoms with Crippen molar-refractivity contribution < 1.29 is 19.5 Å². The number of aromatic carboxylic acids is 1. The zero-order chi connectivity index (χ0) is 19.8. The summed E-state index contributed by atoms with van der Waals surface area (Å²) in [5.74, 6) is -1.34. The molecule has 27 heavy (non-hydrogen) atoms. The largest absolute Gasteiger partial charge is 0.478 e. The highest BCUT2D eigenvalue weighted by Crippen LogP contribution is 2.24. The Morgan fingerprint density at radius 2 is 1.85 bits per heavy atom. The second kappa shape index (κ2) is 9.91. The van der Waals surface area contributed by atoms with Crippen LogP contribution in [0.4, 0.5) is 11.4 Å². The van der Waals surface area contributed by atoms with Gasteiger partial charge in [-0.2, -0.15) is 0 Å². The molecule has 0 radical (unpaired) electrons. The summed E-state index contributed by atoms with van der Waals surface area (Å²) in [5, 5.41) is 14.9. The number of anilines is 2. The summed E-state index contributed by atoms with van der Waals surface area (Å²) in [4.78, 5) is 38.8. The lowest BCUT2D eigenvalue weighted by Crippen LogP contribution is -2.49. The van der Waals surface area contributed by atoms with Crippen molar-refractivity contribution in [3.63, 3.8) is 0 Å². The topological polar surface area (TPSA) is 102 Å². The molecule has 0 aromatic heterocycles. The van der Waals surface area contributed by atoms with E-state index in [2.05, 4.69) is 27.4 Å². The van der Waals surface area contributed by atoms with Crippen LogP contribution in [0.5, 0.6) is 0 Å². The maximum atomic E-state index is 11.9. The lowest BCUT2D eigenvalue weighted by atomic mass is 10.1. The number of carbonyl (C=O) groups is 3. The normalized spacial score (nSPS) is 14.7. The summed E-state index contributed by atoms with van der Waals surface area (Å²) >= 11 is 0. The molecule has 1 aromatic rings. The molecule has 1 saturated heterocycles. The summed E-state index contributed by atoms with van der Waals surface area (Å²) in [6, 6.07) is 5.01. The standard InChI is InChI=1S/C19H28N4O4/c1-3-4-7-20-18(25)13-22-8-10-23(11-9-22)15-5-6-17(21-14(2)24)16(12-15)19(26)27/h5-6,12H,3-4,7-11,13H2,1-2H3,(H,20,25)(H,21,24)(H,26,27). The molecule has 3 N–H and O–H groups in total. The van der Waals surface area contributed by atoms with Gasteiger partial charge in [0.2, 0.25) is 11.8 Å². The molecule has 0 unspecified atom stereocenters. The van der Waals surface area contributed by atoms with E-state index in [1.54, 1.807) is 12.1 Å². The highest BCUT2D eigenvalue weighted by molar-refractivity contribution is 6.00. The molecule has 8 heteroatoms. The minimum Gasteiger partial charge on any atom is -0.478 e. The number of carbonyl (C=O) groups excluding carboxylic acids is 2. The van der Waals surface area contributed by atoms with E-state index in [9.17, 15) is 19.5 Å². The monoisotopic (exact) mass is 376 g/mol. The first-order valence-electron chi connectivity index (χ1n) is 9.29. The van der Waals surface area contributed by atoms with Crippen LogP contribution < -0.4 is 15.5 Å². The number of amides is 2. The fraction of sp³-hybridized carbons (Fsp3) is 0.526. The van der Waals surface area contributed by atoms with E-state index in [-0.39, 0.29) is 17.4 Å². The Morgan fingerprint density at radius 1 is 1.15 bits per heavy atom. The van der Waals surface area contributed by atoms with Crippen molar-refractivity contribution in [3.05, 3.63) is 23.8 Å². The molecule has 2 amide bonds. The zero-order valence-electron chi connectivity index (χ0n) is 16.0. The Morgan fingerprint density at radius 3 is 2.44 bits per heavy atom. The number of piperazine rings is 1. The number of benzene rings is 1. The Kier molecular flexibility index (Phi) is 7.60. The zero-order valence-corrected chi connectivity index (χ0v) is 16.0. The Hall–Kier alpha value is -2.61. The van der Waals surface area contributed by atoms with Crippen LogP contribution in [0, 0.1) is 0 Å². The summed E-state index contributed by atoms with van der Waals surface area (Å²) < 4.78 is 0. The van der Waals surface area contributed by atoms with Gasteiger partial charge in [0.25, 0.3) is 0 Å². The first-order chi connectivity index (χ1) is 12.9. The van der Waals surface area contributed by atoms with Gasteiger partial charge in [-0.1, -0.05) is 13.3 Å². The highest BCUT2D eigenvalue weighted by atomic mass is 16.4. The van der Waals surface area contributed by atoms with E-state index in [1.807, 2.05) is 6.07 Å². The lowest BCUT2D eigenvalue weighted by Gasteiger charge is -2.36. The molecular formula is C19H28N4O4. The fourth-order valence-corrected chi connectivity index (χ4v) is 3.03. The molecule has 0 aliphatic carbocycles. The summed E-state index contributed by atoms with van der Waals surface area (Å²) in [7, 11) is 0. The van der Waals surface area contributed by atoms with Crippen LogP contribution in [-0.4, -0.2) is 67.1 Å². The first-order valence-corrected chi connectivity index (χ1v) is 9.29. The third kappa shape index (κ3) is 6.25. The first kappa shape index (κ1) is 20.7. The van der Waals surface area contributed by atoms with E-state index in [0.29, 0.717) is 31.9 Å². The minimum atomic E-state index is -1.08. The number of hydrogen-bond donors (Lipinski definition) is 3. The van der Waals surface area contributed by atoms with Gasteiger partial charge in [0.15, 0.2) is 0 Å². The molecule has 1 heterocycles. The third-order valence-electron chi connectivity index (χ3n) is 4.50. The van der Waals surface area contributed by atoms with Gasteiger partial charge in [-0.25, -0.2) is 4.79 Å². The van der Waals surface area contributed by atoms with Crippen molar-refractivity contribution in [2.75, 3.05) is 49.5 Å².